The van der Waals surface area contributed by atoms with Gasteiger partial charge in [0, 0.05) is 14.5 Å². The zero-order valence-corrected chi connectivity index (χ0v) is 19.2. The number of aromatic nitrogens is 4. The minimum atomic E-state index is -0.626. The van der Waals surface area contributed by atoms with Crippen molar-refractivity contribution in [2.45, 2.75) is 74.9 Å². The second kappa shape index (κ2) is 6.51. The first kappa shape index (κ1) is 20.0. The molecule has 5 rings (SSSR count). The fourth-order valence-corrected chi connectivity index (χ4v) is 7.52. The lowest BCUT2D eigenvalue weighted by Gasteiger charge is -2.50. The number of fused-ring (bicyclic) bond motifs is 1. The van der Waals surface area contributed by atoms with Crippen LogP contribution in [0.25, 0.3) is 0 Å². The Morgan fingerprint density at radius 3 is 2.57 bits per heavy atom. The van der Waals surface area contributed by atoms with Crippen LogP contribution >= 0.6 is 23.1 Å². The number of nitrogens with zero attached hydrogens (tertiary/aromatic N) is 5. The van der Waals surface area contributed by atoms with E-state index >= 15 is 0 Å². The molecule has 3 saturated heterocycles. The lowest BCUT2D eigenvalue weighted by molar-refractivity contribution is -0.165. The normalized spacial score (nSPS) is 31.9. The first-order chi connectivity index (χ1) is 14.2. The molecule has 30 heavy (non-hydrogen) atoms. The van der Waals surface area contributed by atoms with Gasteiger partial charge in [-0.2, -0.15) is 5.21 Å². The number of hydrogen-bond donors (Lipinski definition) is 2. The fourth-order valence-electron chi connectivity index (χ4n) is 4.85. The molecule has 160 valence electrons. The highest BCUT2D eigenvalue weighted by Crippen LogP contribution is 2.58. The van der Waals surface area contributed by atoms with Gasteiger partial charge in [-0.25, -0.2) is 0 Å². The van der Waals surface area contributed by atoms with Gasteiger partial charge in [0.25, 0.3) is 0 Å². The number of hydrogen-bond acceptors (Lipinski definition) is 8. The third kappa shape index (κ3) is 2.68. The molecule has 3 fully saturated rings. The standard InChI is InChI=1S/C19H25N7O2S2/c1-6-9-7-8-10(29-9)11-15(27)26(19(4,5)20-11)12-16(28)25-13(14-21-23-24-22-14)18(2,3)30-17(12)25/h7-8,11-13,17,20H,6H2,1-5H3,(H,21,22,23,24). The molecule has 0 aliphatic carbocycles. The fraction of sp³-hybridized carbons (Fsp3) is 0.632. The van der Waals surface area contributed by atoms with E-state index < -0.39 is 17.7 Å². The van der Waals surface area contributed by atoms with Crippen LogP contribution in [0.5, 0.6) is 0 Å². The van der Waals surface area contributed by atoms with Crippen LogP contribution < -0.4 is 5.32 Å². The van der Waals surface area contributed by atoms with E-state index in [1.807, 2.05) is 24.8 Å². The number of carbonyl (C=O) groups is 2. The Hall–Kier alpha value is -1.98. The maximum absolute atomic E-state index is 13.5. The zero-order chi connectivity index (χ0) is 21.4. The molecule has 2 N–H and O–H groups in total. The lowest BCUT2D eigenvalue weighted by Crippen LogP contribution is -2.71. The smallest absolute Gasteiger partial charge is 0.250 e. The van der Waals surface area contributed by atoms with Gasteiger partial charge in [-0.1, -0.05) is 12.1 Å². The van der Waals surface area contributed by atoms with E-state index in [2.05, 4.69) is 52.8 Å². The predicted molar refractivity (Wildman–Crippen MR) is 114 cm³/mol. The summed E-state index contributed by atoms with van der Waals surface area (Å²) in [5.41, 5.74) is -0.626. The largest absolute Gasteiger partial charge is 0.314 e. The van der Waals surface area contributed by atoms with E-state index in [-0.39, 0.29) is 28.0 Å². The molecular weight excluding hydrogens is 422 g/mol. The van der Waals surface area contributed by atoms with Crippen molar-refractivity contribution >= 4 is 34.9 Å². The maximum Gasteiger partial charge on any atom is 0.250 e. The van der Waals surface area contributed by atoms with Crippen molar-refractivity contribution < 1.29 is 9.59 Å². The number of H-pyrrole nitrogens is 1. The summed E-state index contributed by atoms with van der Waals surface area (Å²) in [4.78, 5) is 32.7. The molecule has 5 heterocycles. The van der Waals surface area contributed by atoms with Crippen molar-refractivity contribution in [3.63, 3.8) is 0 Å². The molecule has 2 amide bonds. The highest BCUT2D eigenvalue weighted by molar-refractivity contribution is 8.01. The Morgan fingerprint density at radius 2 is 1.93 bits per heavy atom. The van der Waals surface area contributed by atoms with Crippen LogP contribution in [0.4, 0.5) is 0 Å². The molecule has 2 aromatic rings. The van der Waals surface area contributed by atoms with Crippen molar-refractivity contribution in [1.29, 1.82) is 0 Å². The number of nitrogens with one attached hydrogen (secondary N) is 2. The van der Waals surface area contributed by atoms with Crippen LogP contribution in [0, 0.1) is 0 Å². The van der Waals surface area contributed by atoms with Gasteiger partial charge in [0.2, 0.25) is 11.8 Å². The molecule has 3 aliphatic rings. The summed E-state index contributed by atoms with van der Waals surface area (Å²) in [7, 11) is 0. The number of aromatic amines is 1. The third-order valence-electron chi connectivity index (χ3n) is 6.20. The highest BCUT2D eigenvalue weighted by Gasteiger charge is 2.67. The second-order valence-corrected chi connectivity index (χ2v) is 11.9. The minimum Gasteiger partial charge on any atom is -0.314 e. The molecule has 0 aromatic carbocycles. The molecule has 0 bridgehead atoms. The van der Waals surface area contributed by atoms with Crippen LogP contribution in [0.3, 0.4) is 0 Å². The third-order valence-corrected chi connectivity index (χ3v) is 9.05. The van der Waals surface area contributed by atoms with Crippen molar-refractivity contribution in [3.8, 4) is 0 Å². The first-order valence-electron chi connectivity index (χ1n) is 10.1. The minimum absolute atomic E-state index is 0.0380. The van der Waals surface area contributed by atoms with E-state index in [1.165, 1.54) is 4.88 Å². The van der Waals surface area contributed by atoms with E-state index in [0.29, 0.717) is 5.82 Å². The quantitative estimate of drug-likeness (QED) is 0.689. The van der Waals surface area contributed by atoms with Gasteiger partial charge in [-0.3, -0.25) is 14.9 Å². The van der Waals surface area contributed by atoms with E-state index in [0.717, 1.165) is 11.3 Å². The SMILES string of the molecule is CCc1ccc(C2NC(C)(C)N(C3C(=O)N4C3SC(C)(C)C4c3nn[nH]n3)C2=O)s1. The van der Waals surface area contributed by atoms with Gasteiger partial charge < -0.3 is 9.80 Å². The topological polar surface area (TPSA) is 107 Å². The highest BCUT2D eigenvalue weighted by atomic mass is 32.2. The number of β-lactam (4-membered cyclic amide) rings is 1. The summed E-state index contributed by atoms with van der Waals surface area (Å²) in [5, 5.41) is 17.7. The predicted octanol–water partition coefficient (Wildman–Crippen LogP) is 1.84. The average molecular weight is 448 g/mol. The molecular formula is C19H25N7O2S2. The summed E-state index contributed by atoms with van der Waals surface area (Å²) in [6.45, 7) is 10.2. The molecule has 9 nitrogen and oxygen atoms in total. The molecule has 4 unspecified atom stereocenters. The molecule has 3 aliphatic heterocycles. The van der Waals surface area contributed by atoms with Gasteiger partial charge in [0.1, 0.15) is 23.5 Å². The van der Waals surface area contributed by atoms with Crippen LogP contribution in [0.15, 0.2) is 12.1 Å². The Balaban J connectivity index is 1.45. The molecule has 2 aromatic heterocycles. The zero-order valence-electron chi connectivity index (χ0n) is 17.5. The number of amides is 2. The first-order valence-corrected chi connectivity index (χ1v) is 11.8. The van der Waals surface area contributed by atoms with Crippen molar-refractivity contribution in [1.82, 2.24) is 35.7 Å². The Labute approximate surface area is 183 Å². The summed E-state index contributed by atoms with van der Waals surface area (Å²) >= 11 is 3.35. The number of aryl methyl sites for hydroxylation is 1. The van der Waals surface area contributed by atoms with Gasteiger partial charge >= 0.3 is 0 Å². The number of rotatable bonds is 4. The van der Waals surface area contributed by atoms with E-state index in [9.17, 15) is 9.59 Å². The van der Waals surface area contributed by atoms with Crippen molar-refractivity contribution in [2.75, 3.05) is 0 Å². The summed E-state index contributed by atoms with van der Waals surface area (Å²) < 4.78 is -0.289. The van der Waals surface area contributed by atoms with Crippen LogP contribution in [0.1, 0.15) is 62.3 Å². The van der Waals surface area contributed by atoms with Gasteiger partial charge in [0.15, 0.2) is 5.82 Å². The Bertz CT molecular complexity index is 1000. The Kier molecular flexibility index (Phi) is 4.33. The maximum atomic E-state index is 13.5. The second-order valence-electron chi connectivity index (χ2n) is 8.98. The summed E-state index contributed by atoms with van der Waals surface area (Å²) in [5.74, 6) is 0.414. The lowest BCUT2D eigenvalue weighted by atomic mass is 9.93. The average Bonchev–Trinajstić information content (AvgIpc) is 3.43. The van der Waals surface area contributed by atoms with Gasteiger partial charge in [0.05, 0.1) is 5.66 Å². The molecule has 11 heteroatoms. The van der Waals surface area contributed by atoms with Crippen LogP contribution in [-0.2, 0) is 16.0 Å². The number of thioether (sulfide) groups is 1. The van der Waals surface area contributed by atoms with E-state index in [1.54, 1.807) is 28.0 Å². The number of tetrazole rings is 1. The summed E-state index contributed by atoms with van der Waals surface area (Å²) in [6.07, 6.45) is 0.944. The summed E-state index contributed by atoms with van der Waals surface area (Å²) in [6, 6.07) is 2.90. The number of carbonyl (C=O) groups excluding carboxylic acids is 2. The van der Waals surface area contributed by atoms with E-state index in [4.69, 9.17) is 0 Å². The molecule has 0 radical (unpaired) electrons. The van der Waals surface area contributed by atoms with Crippen LogP contribution in [-0.4, -0.2) is 64.1 Å². The molecule has 0 spiro atoms. The van der Waals surface area contributed by atoms with Gasteiger partial charge in [-0.05, 0) is 46.2 Å². The monoisotopic (exact) mass is 447 g/mol. The van der Waals surface area contributed by atoms with Crippen LogP contribution in [0.2, 0.25) is 0 Å². The van der Waals surface area contributed by atoms with Crippen molar-refractivity contribution in [2.24, 2.45) is 0 Å². The number of thiophene rings is 1. The molecule has 0 saturated carbocycles. The molecule has 4 atom stereocenters. The van der Waals surface area contributed by atoms with Crippen molar-refractivity contribution in [3.05, 3.63) is 27.7 Å². The van der Waals surface area contributed by atoms with Gasteiger partial charge in [-0.15, -0.1) is 33.3 Å². The Morgan fingerprint density at radius 1 is 1.17 bits per heavy atom.